The fraction of sp³-hybridized carbons (Fsp3) is 0.385. The highest BCUT2D eigenvalue weighted by Gasteiger charge is 2.15. The van der Waals surface area contributed by atoms with Crippen LogP contribution in [0, 0.1) is 0 Å². The molecule has 0 aliphatic heterocycles. The van der Waals surface area contributed by atoms with Crippen LogP contribution in [0.4, 0.5) is 0 Å². The van der Waals surface area contributed by atoms with Crippen LogP contribution in [-0.2, 0) is 0 Å². The lowest BCUT2D eigenvalue weighted by molar-refractivity contribution is 0.210. The summed E-state index contributed by atoms with van der Waals surface area (Å²) in [5.41, 5.74) is 11.3. The number of benzene rings is 1. The van der Waals surface area contributed by atoms with Crippen LogP contribution in [0.25, 0.3) is 0 Å². The molecule has 0 spiro atoms. The SMILES string of the molecule is NC(N)=NN=Cc1ccc(OC2CCCC2)cc1. The van der Waals surface area contributed by atoms with E-state index in [0.717, 1.165) is 24.2 Å². The van der Waals surface area contributed by atoms with Gasteiger partial charge in [0.05, 0.1) is 12.3 Å². The normalized spacial score (nSPS) is 16.0. The smallest absolute Gasteiger partial charge is 0.211 e. The minimum Gasteiger partial charge on any atom is -0.490 e. The molecule has 5 heteroatoms. The van der Waals surface area contributed by atoms with E-state index in [1.54, 1.807) is 6.21 Å². The quantitative estimate of drug-likeness (QED) is 0.481. The van der Waals surface area contributed by atoms with Gasteiger partial charge in [0.2, 0.25) is 5.96 Å². The lowest BCUT2D eigenvalue weighted by Gasteiger charge is -2.12. The van der Waals surface area contributed by atoms with Gasteiger partial charge in [-0.15, -0.1) is 5.10 Å². The molecular weight excluding hydrogens is 228 g/mol. The van der Waals surface area contributed by atoms with Crippen LogP contribution in [0.3, 0.4) is 0 Å². The summed E-state index contributed by atoms with van der Waals surface area (Å²) in [5.74, 6) is 0.855. The molecule has 1 aromatic rings. The Morgan fingerprint density at radius 1 is 1.17 bits per heavy atom. The maximum Gasteiger partial charge on any atom is 0.211 e. The van der Waals surface area contributed by atoms with Gasteiger partial charge in [-0.2, -0.15) is 5.10 Å². The molecule has 0 heterocycles. The van der Waals surface area contributed by atoms with Crippen molar-refractivity contribution in [1.82, 2.24) is 0 Å². The van der Waals surface area contributed by atoms with Crippen molar-refractivity contribution in [1.29, 1.82) is 0 Å². The zero-order valence-corrected chi connectivity index (χ0v) is 10.2. The van der Waals surface area contributed by atoms with Crippen LogP contribution in [0.15, 0.2) is 34.5 Å². The molecule has 0 aromatic heterocycles. The van der Waals surface area contributed by atoms with E-state index in [4.69, 9.17) is 16.2 Å². The molecule has 4 N–H and O–H groups in total. The molecule has 0 atom stereocenters. The largest absolute Gasteiger partial charge is 0.490 e. The first kappa shape index (κ1) is 12.4. The van der Waals surface area contributed by atoms with E-state index < -0.39 is 0 Å². The Kier molecular flexibility index (Phi) is 4.17. The fourth-order valence-corrected chi connectivity index (χ4v) is 1.99. The second-order valence-electron chi connectivity index (χ2n) is 4.36. The predicted molar refractivity (Wildman–Crippen MR) is 72.7 cm³/mol. The van der Waals surface area contributed by atoms with Crippen molar-refractivity contribution in [2.75, 3.05) is 0 Å². The van der Waals surface area contributed by atoms with Crippen molar-refractivity contribution in [3.8, 4) is 5.75 Å². The average Bonchev–Trinajstić information content (AvgIpc) is 2.84. The van der Waals surface area contributed by atoms with Crippen molar-refractivity contribution in [3.05, 3.63) is 29.8 Å². The van der Waals surface area contributed by atoms with Gasteiger partial charge in [0.25, 0.3) is 0 Å². The van der Waals surface area contributed by atoms with Gasteiger partial charge in [-0.3, -0.25) is 0 Å². The van der Waals surface area contributed by atoms with Crippen LogP contribution < -0.4 is 16.2 Å². The van der Waals surface area contributed by atoms with Crippen molar-refractivity contribution in [2.24, 2.45) is 21.7 Å². The van der Waals surface area contributed by atoms with Gasteiger partial charge in [0.1, 0.15) is 5.75 Å². The highest BCUT2D eigenvalue weighted by atomic mass is 16.5. The number of nitrogens with zero attached hydrogens (tertiary/aromatic N) is 2. The number of nitrogens with two attached hydrogens (primary N) is 2. The van der Waals surface area contributed by atoms with Gasteiger partial charge in [0.15, 0.2) is 0 Å². The Morgan fingerprint density at radius 3 is 2.44 bits per heavy atom. The molecule has 1 fully saturated rings. The second-order valence-corrected chi connectivity index (χ2v) is 4.36. The summed E-state index contributed by atoms with van der Waals surface area (Å²) in [7, 11) is 0. The summed E-state index contributed by atoms with van der Waals surface area (Å²) in [6.45, 7) is 0. The number of guanidine groups is 1. The van der Waals surface area contributed by atoms with Gasteiger partial charge in [-0.25, -0.2) is 0 Å². The number of hydrogen-bond donors (Lipinski definition) is 2. The Balaban J connectivity index is 1.92. The van der Waals surface area contributed by atoms with Crippen molar-refractivity contribution >= 4 is 12.2 Å². The Hall–Kier alpha value is -2.04. The molecule has 0 unspecified atom stereocenters. The molecule has 0 amide bonds. The molecule has 1 saturated carbocycles. The maximum atomic E-state index is 5.86. The number of ether oxygens (including phenoxy) is 1. The van der Waals surface area contributed by atoms with Gasteiger partial charge in [0, 0.05) is 0 Å². The van der Waals surface area contributed by atoms with Crippen LogP contribution in [0.5, 0.6) is 5.75 Å². The third-order valence-electron chi connectivity index (χ3n) is 2.87. The van der Waals surface area contributed by atoms with Crippen molar-refractivity contribution < 1.29 is 4.74 Å². The van der Waals surface area contributed by atoms with E-state index in [9.17, 15) is 0 Å². The molecule has 1 aromatic carbocycles. The van der Waals surface area contributed by atoms with Gasteiger partial charge in [-0.05, 0) is 55.5 Å². The third kappa shape index (κ3) is 3.76. The van der Waals surface area contributed by atoms with Crippen LogP contribution in [0.2, 0.25) is 0 Å². The van der Waals surface area contributed by atoms with Gasteiger partial charge in [-0.1, -0.05) is 0 Å². The maximum absolute atomic E-state index is 5.86. The van der Waals surface area contributed by atoms with Crippen molar-refractivity contribution in [3.63, 3.8) is 0 Å². The Bertz CT molecular complexity index is 429. The molecule has 2 rings (SSSR count). The second kappa shape index (κ2) is 6.05. The summed E-state index contributed by atoms with van der Waals surface area (Å²) in [6, 6.07) is 7.73. The van der Waals surface area contributed by atoms with E-state index in [-0.39, 0.29) is 5.96 Å². The van der Waals surface area contributed by atoms with Crippen LogP contribution >= 0.6 is 0 Å². The summed E-state index contributed by atoms with van der Waals surface area (Å²) < 4.78 is 5.86. The molecule has 5 nitrogen and oxygen atoms in total. The Morgan fingerprint density at radius 2 is 1.83 bits per heavy atom. The zero-order valence-electron chi connectivity index (χ0n) is 10.2. The highest BCUT2D eigenvalue weighted by Crippen LogP contribution is 2.23. The minimum absolute atomic E-state index is 0.0487. The summed E-state index contributed by atoms with van der Waals surface area (Å²) >= 11 is 0. The molecule has 0 saturated heterocycles. The molecule has 96 valence electrons. The number of hydrogen-bond acceptors (Lipinski definition) is 3. The summed E-state index contributed by atoms with van der Waals surface area (Å²) in [4.78, 5) is 0. The van der Waals surface area contributed by atoms with Gasteiger partial charge >= 0.3 is 0 Å². The fourth-order valence-electron chi connectivity index (χ4n) is 1.99. The van der Waals surface area contributed by atoms with E-state index >= 15 is 0 Å². The first-order chi connectivity index (χ1) is 8.74. The highest BCUT2D eigenvalue weighted by molar-refractivity contribution is 5.81. The Labute approximate surface area is 107 Å². The van der Waals surface area contributed by atoms with Crippen LogP contribution in [0.1, 0.15) is 31.2 Å². The van der Waals surface area contributed by atoms with E-state index in [0.29, 0.717) is 6.10 Å². The third-order valence-corrected chi connectivity index (χ3v) is 2.87. The lowest BCUT2D eigenvalue weighted by Crippen LogP contribution is -2.21. The lowest BCUT2D eigenvalue weighted by atomic mass is 10.2. The predicted octanol–water partition coefficient (Wildman–Crippen LogP) is 1.62. The molecular formula is C13H18N4O. The number of rotatable bonds is 4. The molecule has 0 radical (unpaired) electrons. The molecule has 1 aliphatic rings. The minimum atomic E-state index is -0.0487. The molecule has 1 aliphatic carbocycles. The molecule has 0 bridgehead atoms. The topological polar surface area (TPSA) is 86.0 Å². The first-order valence-corrected chi connectivity index (χ1v) is 6.13. The first-order valence-electron chi connectivity index (χ1n) is 6.13. The van der Waals surface area contributed by atoms with E-state index in [2.05, 4.69) is 10.2 Å². The van der Waals surface area contributed by atoms with Crippen LogP contribution in [-0.4, -0.2) is 18.3 Å². The summed E-state index contributed by atoms with van der Waals surface area (Å²) in [5, 5.41) is 7.28. The van der Waals surface area contributed by atoms with Gasteiger partial charge < -0.3 is 16.2 Å². The van der Waals surface area contributed by atoms with Crippen molar-refractivity contribution in [2.45, 2.75) is 31.8 Å². The zero-order chi connectivity index (χ0) is 12.8. The monoisotopic (exact) mass is 246 g/mol. The van der Waals surface area contributed by atoms with E-state index in [1.807, 2.05) is 24.3 Å². The molecule has 18 heavy (non-hydrogen) atoms. The summed E-state index contributed by atoms with van der Waals surface area (Å²) in [6.07, 6.45) is 6.84. The average molecular weight is 246 g/mol. The van der Waals surface area contributed by atoms with E-state index in [1.165, 1.54) is 12.8 Å². The standard InChI is InChI=1S/C13H18N4O/c14-13(15)17-16-9-10-5-7-12(8-6-10)18-11-3-1-2-4-11/h5-9,11H,1-4H2,(H4,14,15,17).